The number of alkyl halides is 2. The second kappa shape index (κ2) is 8.63. The fraction of sp³-hybridized carbons (Fsp3) is 0.412. The molecule has 11 heteroatoms. The Morgan fingerprint density at radius 2 is 2.04 bits per heavy atom. The largest absolute Gasteiger partial charge is 0.493 e. The third-order valence-corrected chi connectivity index (χ3v) is 4.07. The highest BCUT2D eigenvalue weighted by molar-refractivity contribution is 5.92. The van der Waals surface area contributed by atoms with Crippen molar-refractivity contribution in [2.45, 2.75) is 33.9 Å². The number of hydrogen-bond donors (Lipinski definition) is 1. The van der Waals surface area contributed by atoms with Crippen LogP contribution in [0.2, 0.25) is 0 Å². The Morgan fingerprint density at radius 3 is 2.57 bits per heavy atom. The van der Waals surface area contributed by atoms with Crippen molar-refractivity contribution in [1.82, 2.24) is 9.78 Å². The Hall–Kier alpha value is -3.24. The molecule has 1 aromatic carbocycles. The van der Waals surface area contributed by atoms with Gasteiger partial charge in [-0.2, -0.15) is 13.9 Å². The van der Waals surface area contributed by atoms with Crippen molar-refractivity contribution >= 4 is 17.3 Å². The van der Waals surface area contributed by atoms with Gasteiger partial charge in [-0.25, -0.2) is 0 Å². The molecular weight excluding hydrogens is 378 g/mol. The highest BCUT2D eigenvalue weighted by Gasteiger charge is 2.24. The van der Waals surface area contributed by atoms with E-state index in [0.717, 1.165) is 0 Å². The number of hydrogen-bond acceptors (Lipinski definition) is 6. The number of methoxy groups -OCH3 is 1. The van der Waals surface area contributed by atoms with Crippen molar-refractivity contribution < 1.29 is 28.0 Å². The van der Waals surface area contributed by atoms with Gasteiger partial charge in [-0.3, -0.25) is 19.6 Å². The van der Waals surface area contributed by atoms with Crippen LogP contribution < -0.4 is 14.8 Å². The number of rotatable bonds is 8. The van der Waals surface area contributed by atoms with Gasteiger partial charge in [0.1, 0.15) is 11.4 Å². The third kappa shape index (κ3) is 4.72. The molecule has 9 nitrogen and oxygen atoms in total. The van der Waals surface area contributed by atoms with Gasteiger partial charge in [-0.05, 0) is 26.0 Å². The van der Waals surface area contributed by atoms with E-state index >= 15 is 0 Å². The first-order chi connectivity index (χ1) is 13.1. The van der Waals surface area contributed by atoms with Crippen molar-refractivity contribution in [3.63, 3.8) is 0 Å². The van der Waals surface area contributed by atoms with Crippen LogP contribution in [0, 0.1) is 29.9 Å². The zero-order chi connectivity index (χ0) is 21.0. The Kier molecular flexibility index (Phi) is 6.49. The number of nitrogens with zero attached hydrogens (tertiary/aromatic N) is 3. The standard InChI is InChI=1S/C17H20F2N4O5/c1-9(8-22-11(3)15(23(25)26)10(2)21-22)16(24)20-12-5-6-13(28-17(18)19)14(7-12)27-4/h5-7,9,17H,8H2,1-4H3,(H,20,24). The Bertz CT molecular complexity index is 885. The number of ether oxygens (including phenoxy) is 2. The molecule has 152 valence electrons. The first-order valence-electron chi connectivity index (χ1n) is 8.26. The third-order valence-electron chi connectivity index (χ3n) is 4.07. The first-order valence-corrected chi connectivity index (χ1v) is 8.26. The maximum absolute atomic E-state index is 12.4. The number of anilines is 1. The van der Waals surface area contributed by atoms with Gasteiger partial charge >= 0.3 is 12.3 Å². The van der Waals surface area contributed by atoms with Gasteiger partial charge in [0.15, 0.2) is 11.5 Å². The molecule has 2 aromatic rings. The highest BCUT2D eigenvalue weighted by Crippen LogP contribution is 2.31. The number of nitrogens with one attached hydrogen (secondary N) is 1. The molecule has 0 bridgehead atoms. The van der Waals surface area contributed by atoms with Crippen LogP contribution in [0.5, 0.6) is 11.5 Å². The molecule has 0 fully saturated rings. The van der Waals surface area contributed by atoms with Crippen LogP contribution in [0.25, 0.3) is 0 Å². The minimum atomic E-state index is -3.00. The number of carbonyl (C=O) groups is 1. The number of benzene rings is 1. The van der Waals surface area contributed by atoms with Gasteiger partial charge in [0.2, 0.25) is 5.91 Å². The number of nitro groups is 1. The molecule has 0 saturated carbocycles. The fourth-order valence-corrected chi connectivity index (χ4v) is 2.68. The zero-order valence-corrected chi connectivity index (χ0v) is 15.7. The summed E-state index contributed by atoms with van der Waals surface area (Å²) in [4.78, 5) is 23.0. The van der Waals surface area contributed by atoms with E-state index in [1.165, 1.54) is 36.9 Å². The van der Waals surface area contributed by atoms with Crippen LogP contribution in [0.1, 0.15) is 18.3 Å². The molecular formula is C17H20F2N4O5. The quantitative estimate of drug-likeness (QED) is 0.540. The van der Waals surface area contributed by atoms with E-state index < -0.39 is 17.5 Å². The van der Waals surface area contributed by atoms with Crippen LogP contribution in [-0.2, 0) is 11.3 Å². The summed E-state index contributed by atoms with van der Waals surface area (Å²) in [6, 6.07) is 4.02. The van der Waals surface area contributed by atoms with Crippen LogP contribution in [0.15, 0.2) is 18.2 Å². The summed E-state index contributed by atoms with van der Waals surface area (Å²) in [5, 5.41) is 17.8. The smallest absolute Gasteiger partial charge is 0.387 e. The highest BCUT2D eigenvalue weighted by atomic mass is 19.3. The van der Waals surface area contributed by atoms with E-state index in [0.29, 0.717) is 11.4 Å². The van der Waals surface area contributed by atoms with Crippen LogP contribution in [0.3, 0.4) is 0 Å². The average Bonchev–Trinajstić information content (AvgIpc) is 2.89. The van der Waals surface area contributed by atoms with Crippen molar-refractivity contribution in [2.24, 2.45) is 5.92 Å². The van der Waals surface area contributed by atoms with E-state index in [9.17, 15) is 23.7 Å². The van der Waals surface area contributed by atoms with E-state index in [1.807, 2.05) is 0 Å². The predicted molar refractivity (Wildman–Crippen MR) is 95.8 cm³/mol. The molecule has 1 aromatic heterocycles. The Labute approximate surface area is 159 Å². The molecule has 1 N–H and O–H groups in total. The zero-order valence-electron chi connectivity index (χ0n) is 15.7. The lowest BCUT2D eigenvalue weighted by Crippen LogP contribution is -2.25. The summed E-state index contributed by atoms with van der Waals surface area (Å²) in [5.74, 6) is -1.06. The van der Waals surface area contributed by atoms with Gasteiger partial charge in [-0.1, -0.05) is 6.92 Å². The van der Waals surface area contributed by atoms with Gasteiger partial charge < -0.3 is 14.8 Å². The number of carbonyl (C=O) groups excluding carboxylic acids is 1. The lowest BCUT2D eigenvalue weighted by Gasteiger charge is -2.15. The molecule has 28 heavy (non-hydrogen) atoms. The fourth-order valence-electron chi connectivity index (χ4n) is 2.68. The molecule has 1 atom stereocenters. The van der Waals surface area contributed by atoms with Crippen LogP contribution in [-0.4, -0.2) is 34.3 Å². The van der Waals surface area contributed by atoms with Crippen LogP contribution in [0.4, 0.5) is 20.2 Å². The second-order valence-electron chi connectivity index (χ2n) is 6.09. The van der Waals surface area contributed by atoms with Crippen molar-refractivity contribution in [1.29, 1.82) is 0 Å². The lowest BCUT2D eigenvalue weighted by molar-refractivity contribution is -0.386. The summed E-state index contributed by atoms with van der Waals surface area (Å²) in [7, 11) is 1.29. The maximum atomic E-state index is 12.4. The first kappa shape index (κ1) is 21.1. The second-order valence-corrected chi connectivity index (χ2v) is 6.09. The number of halogens is 2. The number of aromatic nitrogens is 2. The Balaban J connectivity index is 2.10. The molecule has 0 aliphatic heterocycles. The van der Waals surface area contributed by atoms with Crippen molar-refractivity contribution in [3.05, 3.63) is 39.7 Å². The molecule has 1 unspecified atom stereocenters. The molecule has 1 heterocycles. The summed E-state index contributed by atoms with van der Waals surface area (Å²) < 4.78 is 35.5. The topological polar surface area (TPSA) is 109 Å². The minimum absolute atomic E-state index is 0.0416. The van der Waals surface area contributed by atoms with Gasteiger partial charge in [0, 0.05) is 11.8 Å². The SMILES string of the molecule is COc1cc(NC(=O)C(C)Cn2nc(C)c([N+](=O)[O-])c2C)ccc1OC(F)F. The summed E-state index contributed by atoms with van der Waals surface area (Å²) >= 11 is 0. The maximum Gasteiger partial charge on any atom is 0.387 e. The molecule has 0 saturated heterocycles. The van der Waals surface area contributed by atoms with E-state index in [2.05, 4.69) is 15.2 Å². The summed E-state index contributed by atoms with van der Waals surface area (Å²) in [5.41, 5.74) is 0.883. The van der Waals surface area contributed by atoms with E-state index in [4.69, 9.17) is 4.74 Å². The van der Waals surface area contributed by atoms with Gasteiger partial charge in [0.05, 0.1) is 24.5 Å². The van der Waals surface area contributed by atoms with E-state index in [1.54, 1.807) is 13.8 Å². The predicted octanol–water partition coefficient (Wildman–Crippen LogP) is 3.29. The van der Waals surface area contributed by atoms with Gasteiger partial charge in [0.25, 0.3) is 0 Å². The van der Waals surface area contributed by atoms with Crippen molar-refractivity contribution in [2.75, 3.05) is 12.4 Å². The molecule has 0 aliphatic rings. The van der Waals surface area contributed by atoms with Crippen LogP contribution >= 0.6 is 0 Å². The lowest BCUT2D eigenvalue weighted by atomic mass is 10.1. The molecule has 2 rings (SSSR count). The molecule has 0 radical (unpaired) electrons. The molecule has 0 aliphatic carbocycles. The summed E-state index contributed by atoms with van der Waals surface area (Å²) in [6.45, 7) is 1.87. The molecule has 1 amide bonds. The normalized spacial score (nSPS) is 12.0. The average molecular weight is 398 g/mol. The van der Waals surface area contributed by atoms with Crippen molar-refractivity contribution in [3.8, 4) is 11.5 Å². The van der Waals surface area contributed by atoms with E-state index in [-0.39, 0.29) is 35.3 Å². The monoisotopic (exact) mass is 398 g/mol. The minimum Gasteiger partial charge on any atom is -0.493 e. The molecule has 0 spiro atoms. The number of amides is 1. The van der Waals surface area contributed by atoms with Gasteiger partial charge in [-0.15, -0.1) is 0 Å². The Morgan fingerprint density at radius 1 is 1.36 bits per heavy atom. The number of aryl methyl sites for hydroxylation is 1. The summed E-state index contributed by atoms with van der Waals surface area (Å²) in [6.07, 6.45) is 0.